The second-order valence-electron chi connectivity index (χ2n) is 6.70. The lowest BCUT2D eigenvalue weighted by atomic mass is 10.2. The van der Waals surface area contributed by atoms with Crippen LogP contribution in [0.1, 0.15) is 41.5 Å². The molecule has 0 atom stereocenters. The molecular weight excluding hydrogens is 560 g/mol. The Bertz CT molecular complexity index is 559. The van der Waals surface area contributed by atoms with Crippen LogP contribution in [0.25, 0.3) is 0 Å². The van der Waals surface area contributed by atoms with Gasteiger partial charge in [0.25, 0.3) is 0 Å². The van der Waals surface area contributed by atoms with E-state index < -0.39 is 23.4 Å². The van der Waals surface area contributed by atoms with Crippen molar-refractivity contribution in [2.75, 3.05) is 12.5 Å². The van der Waals surface area contributed by atoms with Crippen molar-refractivity contribution in [2.24, 2.45) is 22.2 Å². The van der Waals surface area contributed by atoms with Gasteiger partial charge in [-0.25, -0.2) is 9.59 Å². The largest absolute Gasteiger partial charge is 0.444 e. The van der Waals surface area contributed by atoms with E-state index in [9.17, 15) is 9.59 Å². The summed E-state index contributed by atoms with van der Waals surface area (Å²) in [4.78, 5) is 26.7. The van der Waals surface area contributed by atoms with E-state index in [1.807, 2.05) is 0 Å². The number of rotatable bonds is 0. The van der Waals surface area contributed by atoms with Gasteiger partial charge in [-0.1, -0.05) is 23.5 Å². The molecular formula is C15H33IN6O4S3. The van der Waals surface area contributed by atoms with Crippen LogP contribution in [0, 0.1) is 5.41 Å². The number of amidine groups is 2. The Balaban J connectivity index is -0.000000261. The van der Waals surface area contributed by atoms with E-state index in [2.05, 4.69) is 34.0 Å². The SMILES string of the molecule is CS[13C](=[15NH])[15NH2].CS[13C](=[15N]C(=O)OC(C)(C)C)[15NH]C(=O)OC(C)(C)C.I.[15NH2][13C]([15NH2])=S. The molecule has 14 heteroatoms. The fraction of sp³-hybridized carbons (Fsp3) is 0.667. The summed E-state index contributed by atoms with van der Waals surface area (Å²) >= 11 is 6.45. The summed E-state index contributed by atoms with van der Waals surface area (Å²) in [7, 11) is 0. The number of nitrogens with two attached hydrogens (primary N) is 3. The Morgan fingerprint density at radius 1 is 0.966 bits per heavy atom. The van der Waals surface area contributed by atoms with Gasteiger partial charge in [-0.3, -0.25) is 10.7 Å². The molecule has 0 radical (unpaired) electrons. The van der Waals surface area contributed by atoms with Crippen molar-refractivity contribution in [1.29, 1.82) is 5.41 Å². The summed E-state index contributed by atoms with van der Waals surface area (Å²) in [5, 5.41) is 9.17. The molecule has 0 saturated carbocycles. The predicted molar refractivity (Wildman–Crippen MR) is 138 cm³/mol. The monoisotopic (exact) mass is 593 g/mol. The number of thioether (sulfide) groups is 2. The lowest BCUT2D eigenvalue weighted by Crippen LogP contribution is -2.35. The minimum absolute atomic E-state index is 0. The average Bonchev–Trinajstić information content (AvgIpc) is 2.42. The molecule has 0 spiro atoms. The summed E-state index contributed by atoms with van der Waals surface area (Å²) in [5.41, 5.74) is 12.8. The molecule has 0 aromatic rings. The zero-order valence-corrected chi connectivity index (χ0v) is 22.7. The van der Waals surface area contributed by atoms with E-state index in [1.54, 1.807) is 54.1 Å². The molecule has 2 amide bonds. The molecule has 10 nitrogen and oxygen atoms in total. The quantitative estimate of drug-likeness (QED) is 0.0699. The molecule has 0 heterocycles. The number of carbonyl (C=O) groups is 2. The van der Waals surface area contributed by atoms with E-state index in [1.165, 1.54) is 11.8 Å². The molecule has 0 rings (SSSR count). The number of carbonyl (C=O) groups excluding carboxylic acids is 2. The zero-order chi connectivity index (χ0) is 23.1. The average molecular weight is 594 g/mol. The molecule has 0 aromatic carbocycles. The van der Waals surface area contributed by atoms with Crippen LogP contribution in [-0.4, -0.2) is 51.3 Å². The Morgan fingerprint density at radius 3 is 1.55 bits per heavy atom. The van der Waals surface area contributed by atoms with Crippen LogP contribution in [0.15, 0.2) is 4.99 Å². The summed E-state index contributed by atoms with van der Waals surface area (Å²) in [6.45, 7) is 10.4. The normalized spacial score (nSPS) is 10.6. The molecule has 8 N–H and O–H groups in total. The zero-order valence-electron chi connectivity index (χ0n) is 17.9. The first-order chi connectivity index (χ1) is 12.4. The highest BCUT2D eigenvalue weighted by Crippen LogP contribution is 2.10. The first-order valence-corrected chi connectivity index (χ1v) is 10.6. The van der Waals surface area contributed by atoms with Crippen molar-refractivity contribution < 1.29 is 19.1 Å². The first kappa shape index (κ1) is 35.4. The van der Waals surface area contributed by atoms with Gasteiger partial charge in [0.05, 0.1) is 0 Å². The second kappa shape index (κ2) is 17.8. The highest BCUT2D eigenvalue weighted by Gasteiger charge is 2.19. The van der Waals surface area contributed by atoms with E-state index >= 15 is 0 Å². The summed E-state index contributed by atoms with van der Waals surface area (Å²) in [6, 6.07) is 0. The summed E-state index contributed by atoms with van der Waals surface area (Å²) in [6.07, 6.45) is 2.03. The van der Waals surface area contributed by atoms with Crippen molar-refractivity contribution in [2.45, 2.75) is 52.7 Å². The molecule has 172 valence electrons. The Hall–Kier alpha value is -1.00. The summed E-state index contributed by atoms with van der Waals surface area (Å²) in [5.74, 6) is 0. The van der Waals surface area contributed by atoms with Crippen LogP contribution in [-0.2, 0) is 9.47 Å². The number of ether oxygens (including phenoxy) is 2. The van der Waals surface area contributed by atoms with E-state index in [4.69, 9.17) is 20.6 Å². The second-order valence-corrected chi connectivity index (χ2v) is 8.81. The minimum Gasteiger partial charge on any atom is -0.444 e. The number of nitrogens with one attached hydrogen (secondary N) is 2. The lowest BCUT2D eigenvalue weighted by molar-refractivity contribution is 0.0564. The van der Waals surface area contributed by atoms with Gasteiger partial charge in [0.15, 0.2) is 15.4 Å². The summed E-state index contributed by atoms with van der Waals surface area (Å²) < 4.78 is 10.1. The van der Waals surface area contributed by atoms with Crippen LogP contribution >= 0.6 is 59.7 Å². The fourth-order valence-electron chi connectivity index (χ4n) is 0.883. The van der Waals surface area contributed by atoms with Gasteiger partial charge in [-0.2, -0.15) is 4.99 Å². The van der Waals surface area contributed by atoms with Gasteiger partial charge in [0.2, 0.25) is 0 Å². The predicted octanol–water partition coefficient (Wildman–Crippen LogP) is 3.21. The van der Waals surface area contributed by atoms with Crippen LogP contribution in [0.4, 0.5) is 9.59 Å². The van der Waals surface area contributed by atoms with E-state index in [0.29, 0.717) is 0 Å². The van der Waals surface area contributed by atoms with Gasteiger partial charge >= 0.3 is 12.2 Å². The molecule has 29 heavy (non-hydrogen) atoms. The third-order valence-electron chi connectivity index (χ3n) is 1.61. The number of hydrogen-bond acceptors (Lipinski definition) is 8. The number of amides is 2. The molecule has 0 bridgehead atoms. The maximum atomic E-state index is 11.5. The van der Waals surface area contributed by atoms with E-state index in [-0.39, 0.29) is 39.4 Å². The first-order valence-electron chi connectivity index (χ1n) is 7.72. The fourth-order valence-corrected chi connectivity index (χ4v) is 1.23. The number of thiocarbonyl (C=S) groups is 1. The molecule has 0 aliphatic carbocycles. The highest BCUT2D eigenvalue weighted by atomic mass is 127. The van der Waals surface area contributed by atoms with E-state index in [0.717, 1.165) is 11.8 Å². The number of halogens is 1. The molecule has 0 unspecified atom stereocenters. The Morgan fingerprint density at radius 2 is 1.31 bits per heavy atom. The molecule has 0 fully saturated rings. The van der Waals surface area contributed by atoms with Crippen molar-refractivity contribution >= 4 is 87.4 Å². The number of alkyl carbamates (subject to hydrolysis) is 1. The smallest absolute Gasteiger partial charge is 0.436 e. The maximum absolute atomic E-state index is 11.5. The molecule has 0 aromatic heterocycles. The maximum Gasteiger partial charge on any atom is 0.436 e. The standard InChI is InChI=1S/C12H22N2O4S.C2H6N2S.CH4N2S.HI/c1-11(2,3)17-9(15)13-8(19-7)14-10(16)18-12(4,5)6;1-5-2(3)4;2-1(3)4;/h1-7H3,(H,13,14,15,16);1H3,(H3,3,4);(H4,2,3,4);1H/i8+1,13+1,14+1;2+1,3+1,4+1;1+1,2+1,3+1;. The number of nitrogens with zero attached hydrogens (tertiary/aromatic N) is 1. The Labute approximate surface area is 203 Å². The molecule has 0 saturated heterocycles. The van der Waals surface area contributed by atoms with Crippen LogP contribution < -0.4 is 22.5 Å². The van der Waals surface area contributed by atoms with Gasteiger partial charge < -0.3 is 26.7 Å². The van der Waals surface area contributed by atoms with Gasteiger partial charge in [-0.05, 0) is 66.3 Å². The van der Waals surface area contributed by atoms with Gasteiger partial charge in [-0.15, -0.1) is 24.0 Å². The van der Waals surface area contributed by atoms with Crippen molar-refractivity contribution in [3.05, 3.63) is 0 Å². The van der Waals surface area contributed by atoms with Gasteiger partial charge in [0.1, 0.15) is 11.2 Å². The third kappa shape index (κ3) is 38.3. The van der Waals surface area contributed by atoms with Crippen LogP contribution in [0.3, 0.4) is 0 Å². The highest BCUT2D eigenvalue weighted by molar-refractivity contribution is 14.0. The minimum atomic E-state index is -0.757. The van der Waals surface area contributed by atoms with Crippen LogP contribution in [0.5, 0.6) is 0 Å². The van der Waals surface area contributed by atoms with Crippen molar-refractivity contribution in [3.63, 3.8) is 0 Å². The van der Waals surface area contributed by atoms with Crippen molar-refractivity contribution in [1.82, 2.24) is 5.32 Å². The van der Waals surface area contributed by atoms with Crippen molar-refractivity contribution in [3.8, 4) is 0 Å². The van der Waals surface area contributed by atoms with Gasteiger partial charge in [0, 0.05) is 0 Å². The molecule has 0 aliphatic rings. The number of hydrogen-bond donors (Lipinski definition) is 5. The van der Waals surface area contributed by atoms with Crippen LogP contribution in [0.2, 0.25) is 0 Å². The Kier molecular flexibility index (Phi) is 21.8. The lowest BCUT2D eigenvalue weighted by Gasteiger charge is -2.20. The topological polar surface area (TPSA) is 179 Å². The molecule has 0 aliphatic heterocycles. The third-order valence-corrected chi connectivity index (χ3v) is 2.63. The number of aliphatic imine (C=N–C) groups is 1.